The first-order valence-corrected chi connectivity index (χ1v) is 5.98. The van der Waals surface area contributed by atoms with E-state index in [4.69, 9.17) is 9.47 Å². The first-order chi connectivity index (χ1) is 7.14. The van der Waals surface area contributed by atoms with Gasteiger partial charge in [0.05, 0.1) is 12.2 Å². The third kappa shape index (κ3) is 6.88. The zero-order chi connectivity index (χ0) is 11.1. The van der Waals surface area contributed by atoms with Crippen LogP contribution in [0.3, 0.4) is 0 Å². The van der Waals surface area contributed by atoms with Crippen LogP contribution in [0.15, 0.2) is 0 Å². The van der Waals surface area contributed by atoms with E-state index in [-0.39, 0.29) is 5.60 Å². The second-order valence-corrected chi connectivity index (χ2v) is 4.98. The molecule has 0 aromatic heterocycles. The molecule has 1 saturated carbocycles. The molecule has 1 aliphatic carbocycles. The predicted molar refractivity (Wildman–Crippen MR) is 62.1 cm³/mol. The molecular formula is C12H25NO2. The van der Waals surface area contributed by atoms with Crippen molar-refractivity contribution in [3.8, 4) is 0 Å². The Hall–Kier alpha value is -0.120. The van der Waals surface area contributed by atoms with Gasteiger partial charge in [0.1, 0.15) is 0 Å². The van der Waals surface area contributed by atoms with Gasteiger partial charge in [-0.1, -0.05) is 0 Å². The van der Waals surface area contributed by atoms with E-state index in [1.165, 1.54) is 12.8 Å². The Bertz CT molecular complexity index is 167. The summed E-state index contributed by atoms with van der Waals surface area (Å²) < 4.78 is 10.9. The van der Waals surface area contributed by atoms with Crippen LogP contribution in [0.1, 0.15) is 33.1 Å². The van der Waals surface area contributed by atoms with Crippen molar-refractivity contribution in [2.24, 2.45) is 5.92 Å². The number of rotatable bonds is 9. The third-order valence-corrected chi connectivity index (χ3v) is 2.93. The van der Waals surface area contributed by atoms with E-state index in [9.17, 15) is 0 Å². The molecular weight excluding hydrogens is 190 g/mol. The zero-order valence-electron chi connectivity index (χ0n) is 10.3. The molecule has 0 aliphatic heterocycles. The lowest BCUT2D eigenvalue weighted by molar-refractivity contribution is 0.0154. The molecule has 0 heterocycles. The lowest BCUT2D eigenvalue weighted by Crippen LogP contribution is -2.30. The van der Waals surface area contributed by atoms with Gasteiger partial charge >= 0.3 is 0 Å². The van der Waals surface area contributed by atoms with Crippen LogP contribution in [0.5, 0.6) is 0 Å². The van der Waals surface area contributed by atoms with Gasteiger partial charge in [0.15, 0.2) is 0 Å². The van der Waals surface area contributed by atoms with Crippen LogP contribution < -0.4 is 5.32 Å². The molecule has 1 aliphatic rings. The molecule has 0 atom stereocenters. The summed E-state index contributed by atoms with van der Waals surface area (Å²) in [4.78, 5) is 0. The van der Waals surface area contributed by atoms with Crippen molar-refractivity contribution in [2.75, 3.05) is 33.4 Å². The van der Waals surface area contributed by atoms with Crippen LogP contribution in [-0.2, 0) is 9.47 Å². The monoisotopic (exact) mass is 215 g/mol. The minimum Gasteiger partial charge on any atom is -0.380 e. The van der Waals surface area contributed by atoms with Crippen molar-refractivity contribution in [1.82, 2.24) is 5.32 Å². The van der Waals surface area contributed by atoms with Gasteiger partial charge in [-0.25, -0.2) is 0 Å². The second kappa shape index (κ2) is 6.46. The highest BCUT2D eigenvalue weighted by molar-refractivity contribution is 4.72. The first-order valence-electron chi connectivity index (χ1n) is 5.98. The van der Waals surface area contributed by atoms with E-state index in [1.54, 1.807) is 7.11 Å². The fourth-order valence-corrected chi connectivity index (χ4v) is 1.30. The zero-order valence-corrected chi connectivity index (χ0v) is 10.3. The molecule has 1 fully saturated rings. The molecule has 0 aromatic carbocycles. The smallest absolute Gasteiger partial charge is 0.0634 e. The summed E-state index contributed by atoms with van der Waals surface area (Å²) in [5.41, 5.74) is -0.0120. The van der Waals surface area contributed by atoms with Crippen LogP contribution in [0.25, 0.3) is 0 Å². The van der Waals surface area contributed by atoms with Crippen molar-refractivity contribution in [3.63, 3.8) is 0 Å². The number of hydrogen-bond acceptors (Lipinski definition) is 3. The number of methoxy groups -OCH3 is 1. The highest BCUT2D eigenvalue weighted by Crippen LogP contribution is 2.28. The van der Waals surface area contributed by atoms with E-state index in [2.05, 4.69) is 19.2 Å². The highest BCUT2D eigenvalue weighted by atomic mass is 16.5. The summed E-state index contributed by atoms with van der Waals surface area (Å²) in [5, 5.41) is 3.36. The molecule has 0 spiro atoms. The lowest BCUT2D eigenvalue weighted by atomic mass is 10.1. The molecule has 0 amide bonds. The molecule has 0 saturated heterocycles. The Morgan fingerprint density at radius 1 is 1.27 bits per heavy atom. The van der Waals surface area contributed by atoms with Crippen LogP contribution >= 0.6 is 0 Å². The maximum atomic E-state index is 5.52. The van der Waals surface area contributed by atoms with Crippen molar-refractivity contribution in [3.05, 3.63) is 0 Å². The Labute approximate surface area is 93.5 Å². The highest BCUT2D eigenvalue weighted by Gasteiger charge is 2.20. The van der Waals surface area contributed by atoms with E-state index in [1.807, 2.05) is 0 Å². The Morgan fingerprint density at radius 2 is 2.00 bits per heavy atom. The quantitative estimate of drug-likeness (QED) is 0.595. The van der Waals surface area contributed by atoms with Gasteiger partial charge in [-0.3, -0.25) is 0 Å². The molecule has 3 nitrogen and oxygen atoms in total. The standard InChI is InChI=1S/C12H25NO2/c1-12(2,14-3)6-7-13-8-9-15-10-11-4-5-11/h11,13H,4-10H2,1-3H3. The molecule has 1 N–H and O–H groups in total. The molecule has 0 radical (unpaired) electrons. The fraction of sp³-hybridized carbons (Fsp3) is 1.00. The summed E-state index contributed by atoms with van der Waals surface area (Å²) in [6.07, 6.45) is 3.77. The SMILES string of the molecule is COC(C)(C)CCNCCOCC1CC1. The van der Waals surface area contributed by atoms with Gasteiger partial charge in [-0.2, -0.15) is 0 Å². The topological polar surface area (TPSA) is 30.5 Å². The Balaban J connectivity index is 1.79. The Morgan fingerprint density at radius 3 is 2.60 bits per heavy atom. The summed E-state index contributed by atoms with van der Waals surface area (Å²) in [7, 11) is 1.76. The minimum atomic E-state index is -0.0120. The van der Waals surface area contributed by atoms with E-state index in [0.29, 0.717) is 0 Å². The molecule has 0 unspecified atom stereocenters. The van der Waals surface area contributed by atoms with Gasteiger partial charge in [0.2, 0.25) is 0 Å². The van der Waals surface area contributed by atoms with Crippen molar-refractivity contribution >= 4 is 0 Å². The van der Waals surface area contributed by atoms with Gasteiger partial charge in [-0.05, 0) is 45.6 Å². The predicted octanol–water partition coefficient (Wildman–Crippen LogP) is 1.82. The fourth-order valence-electron chi connectivity index (χ4n) is 1.30. The molecule has 0 aromatic rings. The maximum Gasteiger partial charge on any atom is 0.0634 e. The molecule has 3 heteroatoms. The van der Waals surface area contributed by atoms with Crippen LogP contribution in [0.4, 0.5) is 0 Å². The van der Waals surface area contributed by atoms with Crippen LogP contribution in [0.2, 0.25) is 0 Å². The summed E-state index contributed by atoms with van der Waals surface area (Å²) in [6.45, 7) is 7.96. The summed E-state index contributed by atoms with van der Waals surface area (Å²) >= 11 is 0. The van der Waals surface area contributed by atoms with Gasteiger partial charge in [0.25, 0.3) is 0 Å². The van der Waals surface area contributed by atoms with Crippen molar-refractivity contribution in [2.45, 2.75) is 38.7 Å². The largest absolute Gasteiger partial charge is 0.380 e. The average Bonchev–Trinajstić information content (AvgIpc) is 3.00. The molecule has 90 valence electrons. The second-order valence-electron chi connectivity index (χ2n) is 4.98. The van der Waals surface area contributed by atoms with Crippen molar-refractivity contribution < 1.29 is 9.47 Å². The summed E-state index contributed by atoms with van der Waals surface area (Å²) in [6, 6.07) is 0. The van der Waals surface area contributed by atoms with E-state index < -0.39 is 0 Å². The summed E-state index contributed by atoms with van der Waals surface area (Å²) in [5.74, 6) is 0.873. The molecule has 15 heavy (non-hydrogen) atoms. The lowest BCUT2D eigenvalue weighted by Gasteiger charge is -2.22. The Kier molecular flexibility index (Phi) is 5.58. The third-order valence-electron chi connectivity index (χ3n) is 2.93. The average molecular weight is 215 g/mol. The number of nitrogens with one attached hydrogen (secondary N) is 1. The molecule has 0 bridgehead atoms. The number of hydrogen-bond donors (Lipinski definition) is 1. The number of ether oxygens (including phenoxy) is 2. The van der Waals surface area contributed by atoms with Gasteiger partial charge in [-0.15, -0.1) is 0 Å². The van der Waals surface area contributed by atoms with Gasteiger partial charge < -0.3 is 14.8 Å². The van der Waals surface area contributed by atoms with Crippen LogP contribution in [0, 0.1) is 5.92 Å². The normalized spacial score (nSPS) is 17.0. The van der Waals surface area contributed by atoms with E-state index >= 15 is 0 Å². The van der Waals surface area contributed by atoms with Crippen LogP contribution in [-0.4, -0.2) is 39.0 Å². The van der Waals surface area contributed by atoms with E-state index in [0.717, 1.165) is 38.6 Å². The first kappa shape index (κ1) is 12.9. The van der Waals surface area contributed by atoms with Gasteiger partial charge in [0, 0.05) is 20.3 Å². The maximum absolute atomic E-state index is 5.52. The molecule has 1 rings (SSSR count). The minimum absolute atomic E-state index is 0.0120. The van der Waals surface area contributed by atoms with Crippen molar-refractivity contribution in [1.29, 1.82) is 0 Å².